The molecule has 4 nitrogen and oxygen atoms in total. The molecule has 1 aromatic carbocycles. The largest absolute Gasteiger partial charge is 0.361 e. The molecule has 1 aliphatic carbocycles. The maximum Gasteiger partial charge on any atom is 0.240 e. The minimum absolute atomic E-state index is 0.00919. The lowest BCUT2D eigenvalue weighted by molar-refractivity contribution is -0.127. The van der Waals surface area contributed by atoms with E-state index in [4.69, 9.17) is 17.3 Å². The number of fused-ring (bicyclic) bond motifs is 1. The van der Waals surface area contributed by atoms with Gasteiger partial charge in [-0.25, -0.2) is 0 Å². The molecule has 5 heteroatoms. The van der Waals surface area contributed by atoms with Crippen LogP contribution in [0.4, 0.5) is 0 Å². The third-order valence-electron chi connectivity index (χ3n) is 4.61. The van der Waals surface area contributed by atoms with Gasteiger partial charge in [-0.2, -0.15) is 0 Å². The van der Waals surface area contributed by atoms with Gasteiger partial charge in [0.2, 0.25) is 5.91 Å². The van der Waals surface area contributed by atoms with Crippen LogP contribution in [-0.4, -0.2) is 23.0 Å². The van der Waals surface area contributed by atoms with Gasteiger partial charge in [0.25, 0.3) is 0 Å². The minimum atomic E-state index is -0.665. The number of halogens is 1. The summed E-state index contributed by atoms with van der Waals surface area (Å²) in [6.45, 7) is 0.594. The fraction of sp³-hybridized carbons (Fsp3) is 0.471. The molecule has 1 aliphatic rings. The van der Waals surface area contributed by atoms with Gasteiger partial charge in [0.05, 0.1) is 5.54 Å². The Morgan fingerprint density at radius 2 is 2.09 bits per heavy atom. The van der Waals surface area contributed by atoms with Crippen LogP contribution in [0.25, 0.3) is 10.9 Å². The molecular formula is C17H22ClN3O. The van der Waals surface area contributed by atoms with Crippen molar-refractivity contribution in [3.63, 3.8) is 0 Å². The van der Waals surface area contributed by atoms with E-state index < -0.39 is 5.54 Å². The topological polar surface area (TPSA) is 70.9 Å². The van der Waals surface area contributed by atoms with Crippen molar-refractivity contribution < 1.29 is 4.79 Å². The van der Waals surface area contributed by atoms with E-state index in [1.807, 2.05) is 24.4 Å². The van der Waals surface area contributed by atoms with Crippen LogP contribution in [0, 0.1) is 0 Å². The van der Waals surface area contributed by atoms with E-state index in [1.165, 1.54) is 6.42 Å². The second-order valence-corrected chi connectivity index (χ2v) is 6.66. The number of aromatic nitrogens is 1. The van der Waals surface area contributed by atoms with E-state index in [2.05, 4.69) is 10.3 Å². The Morgan fingerprint density at radius 1 is 1.32 bits per heavy atom. The van der Waals surface area contributed by atoms with Gasteiger partial charge >= 0.3 is 0 Å². The van der Waals surface area contributed by atoms with E-state index in [-0.39, 0.29) is 5.91 Å². The van der Waals surface area contributed by atoms with E-state index in [9.17, 15) is 4.79 Å². The molecule has 118 valence electrons. The van der Waals surface area contributed by atoms with Crippen LogP contribution in [0.15, 0.2) is 24.4 Å². The molecule has 1 saturated carbocycles. The predicted octanol–water partition coefficient (Wildman–Crippen LogP) is 3.14. The lowest BCUT2D eigenvalue weighted by Gasteiger charge is -2.31. The summed E-state index contributed by atoms with van der Waals surface area (Å²) in [5, 5.41) is 4.84. The van der Waals surface area contributed by atoms with E-state index >= 15 is 0 Å². The number of aromatic amines is 1. The Bertz CT molecular complexity index is 674. The number of hydrogen-bond acceptors (Lipinski definition) is 2. The monoisotopic (exact) mass is 319 g/mol. The lowest BCUT2D eigenvalue weighted by Crippen LogP contribution is -2.55. The van der Waals surface area contributed by atoms with Crippen molar-refractivity contribution in [2.45, 2.75) is 44.1 Å². The molecule has 0 radical (unpaired) electrons. The maximum atomic E-state index is 12.3. The molecular weight excluding hydrogens is 298 g/mol. The van der Waals surface area contributed by atoms with E-state index in [0.717, 1.165) is 53.6 Å². The molecule has 0 saturated heterocycles. The Labute approximate surface area is 135 Å². The summed E-state index contributed by atoms with van der Waals surface area (Å²) in [6.07, 6.45) is 7.61. The summed E-state index contributed by atoms with van der Waals surface area (Å²) < 4.78 is 0. The lowest BCUT2D eigenvalue weighted by atomic mass is 9.82. The Kier molecular flexibility index (Phi) is 4.41. The highest BCUT2D eigenvalue weighted by atomic mass is 35.5. The van der Waals surface area contributed by atoms with Crippen LogP contribution in [0.1, 0.15) is 37.7 Å². The van der Waals surface area contributed by atoms with Crippen LogP contribution in [-0.2, 0) is 11.2 Å². The number of carbonyl (C=O) groups is 1. The summed E-state index contributed by atoms with van der Waals surface area (Å²) in [5.74, 6) is -0.00919. The third kappa shape index (κ3) is 3.13. The van der Waals surface area contributed by atoms with Gasteiger partial charge in [0.1, 0.15) is 0 Å². The average molecular weight is 320 g/mol. The standard InChI is InChI=1S/C17H22ClN3O/c18-13-4-5-15-14(10-13)12(11-21-15)6-9-20-16(22)17(19)7-2-1-3-8-17/h4-5,10-11,21H,1-3,6-9,19H2,(H,20,22). The van der Waals surface area contributed by atoms with Crippen LogP contribution in [0.2, 0.25) is 5.02 Å². The van der Waals surface area contributed by atoms with Gasteiger partial charge in [0.15, 0.2) is 0 Å². The SMILES string of the molecule is NC1(C(=O)NCCc2c[nH]c3ccc(Cl)cc23)CCCCC1. The molecule has 2 aromatic rings. The van der Waals surface area contributed by atoms with E-state index in [0.29, 0.717) is 6.54 Å². The summed E-state index contributed by atoms with van der Waals surface area (Å²) in [7, 11) is 0. The molecule has 1 aromatic heterocycles. The summed E-state index contributed by atoms with van der Waals surface area (Å²) in [6, 6.07) is 5.79. The molecule has 0 atom stereocenters. The van der Waals surface area contributed by atoms with Crippen molar-refractivity contribution in [3.8, 4) is 0 Å². The smallest absolute Gasteiger partial charge is 0.240 e. The number of hydrogen-bond donors (Lipinski definition) is 3. The molecule has 22 heavy (non-hydrogen) atoms. The van der Waals surface area contributed by atoms with Crippen molar-refractivity contribution in [2.24, 2.45) is 5.73 Å². The first-order chi connectivity index (χ1) is 10.6. The van der Waals surface area contributed by atoms with Gasteiger partial charge in [-0.1, -0.05) is 30.9 Å². The Morgan fingerprint density at radius 3 is 2.86 bits per heavy atom. The second kappa shape index (κ2) is 6.31. The van der Waals surface area contributed by atoms with Gasteiger partial charge in [-0.3, -0.25) is 4.79 Å². The first-order valence-electron chi connectivity index (χ1n) is 7.91. The van der Waals surface area contributed by atoms with Gasteiger partial charge < -0.3 is 16.0 Å². The third-order valence-corrected chi connectivity index (χ3v) is 4.84. The minimum Gasteiger partial charge on any atom is -0.361 e. The molecule has 0 bridgehead atoms. The van der Waals surface area contributed by atoms with Crippen LogP contribution in [0.3, 0.4) is 0 Å². The molecule has 0 unspecified atom stereocenters. The maximum absolute atomic E-state index is 12.3. The average Bonchev–Trinajstić information content (AvgIpc) is 2.90. The quantitative estimate of drug-likeness (QED) is 0.810. The van der Waals surface area contributed by atoms with Crippen molar-refractivity contribution in [2.75, 3.05) is 6.54 Å². The first-order valence-corrected chi connectivity index (χ1v) is 8.29. The highest BCUT2D eigenvalue weighted by molar-refractivity contribution is 6.31. The molecule has 1 amide bonds. The van der Waals surface area contributed by atoms with Crippen molar-refractivity contribution in [1.82, 2.24) is 10.3 Å². The highest BCUT2D eigenvalue weighted by Gasteiger charge is 2.34. The number of H-pyrrole nitrogens is 1. The van der Waals surface area contributed by atoms with Crippen LogP contribution in [0.5, 0.6) is 0 Å². The van der Waals surface area contributed by atoms with Gasteiger partial charge in [0, 0.05) is 28.7 Å². The Balaban J connectivity index is 1.60. The van der Waals surface area contributed by atoms with Crippen LogP contribution >= 0.6 is 11.6 Å². The second-order valence-electron chi connectivity index (χ2n) is 6.23. The molecule has 4 N–H and O–H groups in total. The fourth-order valence-corrected chi connectivity index (χ4v) is 3.43. The zero-order chi connectivity index (χ0) is 15.6. The molecule has 1 heterocycles. The first kappa shape index (κ1) is 15.4. The van der Waals surface area contributed by atoms with Crippen molar-refractivity contribution in [3.05, 3.63) is 35.0 Å². The summed E-state index contributed by atoms with van der Waals surface area (Å²) in [5.41, 5.74) is 7.79. The normalized spacial score (nSPS) is 17.5. The van der Waals surface area contributed by atoms with Gasteiger partial charge in [-0.05, 0) is 43.0 Å². The number of benzene rings is 1. The zero-order valence-electron chi connectivity index (χ0n) is 12.6. The van der Waals surface area contributed by atoms with E-state index in [1.54, 1.807) is 0 Å². The molecule has 1 fully saturated rings. The molecule has 3 rings (SSSR count). The molecule has 0 aliphatic heterocycles. The Hall–Kier alpha value is -1.52. The van der Waals surface area contributed by atoms with Crippen LogP contribution < -0.4 is 11.1 Å². The summed E-state index contributed by atoms with van der Waals surface area (Å²) in [4.78, 5) is 15.5. The summed E-state index contributed by atoms with van der Waals surface area (Å²) >= 11 is 6.05. The number of amides is 1. The highest BCUT2D eigenvalue weighted by Crippen LogP contribution is 2.26. The van der Waals surface area contributed by atoms with Crippen molar-refractivity contribution in [1.29, 1.82) is 0 Å². The molecule has 0 spiro atoms. The number of carbonyl (C=O) groups excluding carboxylic acids is 1. The van der Waals surface area contributed by atoms with Gasteiger partial charge in [-0.15, -0.1) is 0 Å². The number of rotatable bonds is 4. The zero-order valence-corrected chi connectivity index (χ0v) is 13.4. The predicted molar refractivity (Wildman–Crippen MR) is 90.0 cm³/mol. The van der Waals surface area contributed by atoms with Crippen molar-refractivity contribution >= 4 is 28.4 Å². The number of nitrogens with two attached hydrogens (primary N) is 1. The number of nitrogens with one attached hydrogen (secondary N) is 2. The fourth-order valence-electron chi connectivity index (χ4n) is 3.25.